The lowest BCUT2D eigenvalue weighted by molar-refractivity contribution is 0.0496. The summed E-state index contributed by atoms with van der Waals surface area (Å²) < 4.78 is 10.9. The van der Waals surface area contributed by atoms with E-state index in [9.17, 15) is 4.79 Å². The van der Waals surface area contributed by atoms with Gasteiger partial charge in [0, 0.05) is 0 Å². The van der Waals surface area contributed by atoms with Crippen LogP contribution >= 0.6 is 12.4 Å². The molecule has 0 radical (unpaired) electrons. The van der Waals surface area contributed by atoms with Crippen LogP contribution in [0.25, 0.3) is 0 Å². The second kappa shape index (κ2) is 10.5. The summed E-state index contributed by atoms with van der Waals surface area (Å²) in [6.07, 6.45) is 4.80. The van der Waals surface area contributed by atoms with E-state index in [0.717, 1.165) is 25.1 Å². The lowest BCUT2D eigenvalue weighted by Crippen LogP contribution is -2.20. The molecule has 130 valence electrons. The van der Waals surface area contributed by atoms with E-state index in [4.69, 9.17) is 9.47 Å². The van der Waals surface area contributed by atoms with Gasteiger partial charge in [-0.2, -0.15) is 0 Å². The summed E-state index contributed by atoms with van der Waals surface area (Å²) in [5, 5.41) is 0. The van der Waals surface area contributed by atoms with Crippen LogP contribution in [-0.2, 0) is 4.74 Å². The molecular formula is C18H28ClNO3. The molecular weight excluding hydrogens is 314 g/mol. The maximum absolute atomic E-state index is 11.9. The minimum Gasteiger partial charge on any atom is -0.491 e. The molecule has 2 rings (SSSR count). The molecule has 0 aromatic heterocycles. The molecule has 0 atom stereocenters. The molecule has 0 bridgehead atoms. The van der Waals surface area contributed by atoms with E-state index >= 15 is 0 Å². The first-order valence-electron chi connectivity index (χ1n) is 8.31. The van der Waals surface area contributed by atoms with Crippen molar-refractivity contribution in [3.8, 4) is 5.75 Å². The van der Waals surface area contributed by atoms with Crippen LogP contribution in [0.1, 0.15) is 49.9 Å². The summed E-state index contributed by atoms with van der Waals surface area (Å²) in [4.78, 5) is 14.4. The average Bonchev–Trinajstić information content (AvgIpc) is 3.00. The fourth-order valence-electron chi connectivity index (χ4n) is 2.63. The third kappa shape index (κ3) is 7.23. The predicted molar refractivity (Wildman–Crippen MR) is 94.6 cm³/mol. The average molecular weight is 342 g/mol. The van der Waals surface area contributed by atoms with Gasteiger partial charge in [-0.15, -0.1) is 12.4 Å². The van der Waals surface area contributed by atoms with E-state index < -0.39 is 0 Å². The van der Waals surface area contributed by atoms with Gasteiger partial charge < -0.3 is 14.4 Å². The summed E-state index contributed by atoms with van der Waals surface area (Å²) in [6, 6.07) is 7.13. The molecule has 0 N–H and O–H groups in total. The first-order valence-corrected chi connectivity index (χ1v) is 8.31. The molecule has 1 aromatic rings. The van der Waals surface area contributed by atoms with Crippen LogP contribution in [0.5, 0.6) is 5.75 Å². The van der Waals surface area contributed by atoms with Crippen molar-refractivity contribution in [2.75, 3.05) is 26.2 Å². The van der Waals surface area contributed by atoms with Gasteiger partial charge in [0.1, 0.15) is 5.75 Å². The molecule has 0 aliphatic carbocycles. The Labute approximate surface area is 145 Å². The Kier molecular flexibility index (Phi) is 9.03. The van der Waals surface area contributed by atoms with Crippen molar-refractivity contribution in [1.82, 2.24) is 4.90 Å². The number of unbranched alkanes of at least 4 members (excludes halogenated alkanes) is 1. The smallest absolute Gasteiger partial charge is 0.338 e. The molecule has 23 heavy (non-hydrogen) atoms. The fraction of sp³-hybridized carbons (Fsp3) is 0.611. The zero-order chi connectivity index (χ0) is 15.8. The van der Waals surface area contributed by atoms with E-state index in [0.29, 0.717) is 12.2 Å². The number of hydrogen-bond acceptors (Lipinski definition) is 4. The molecule has 5 heteroatoms. The standard InChI is InChI=1S/C18H27NO3.ClH/c1-15(2)22-17-9-7-16(8-10-17)18(20)21-14-6-5-13-19-11-3-4-12-19;/h7-10,15H,3-6,11-14H2,1-2H3;1H. The van der Waals surface area contributed by atoms with Gasteiger partial charge in [-0.25, -0.2) is 4.79 Å². The van der Waals surface area contributed by atoms with E-state index in [-0.39, 0.29) is 24.5 Å². The van der Waals surface area contributed by atoms with Gasteiger partial charge in [-0.05, 0) is 83.4 Å². The van der Waals surface area contributed by atoms with Crippen molar-refractivity contribution < 1.29 is 14.3 Å². The molecule has 1 heterocycles. The molecule has 1 saturated heterocycles. The summed E-state index contributed by atoms with van der Waals surface area (Å²) in [6.45, 7) is 8.03. The van der Waals surface area contributed by atoms with Crippen molar-refractivity contribution in [3.05, 3.63) is 29.8 Å². The Morgan fingerprint density at radius 1 is 1.13 bits per heavy atom. The Balaban J connectivity index is 0.00000264. The molecule has 0 unspecified atom stereocenters. The van der Waals surface area contributed by atoms with Gasteiger partial charge in [-0.3, -0.25) is 0 Å². The second-order valence-corrected chi connectivity index (χ2v) is 6.08. The van der Waals surface area contributed by atoms with E-state index in [1.54, 1.807) is 12.1 Å². The lowest BCUT2D eigenvalue weighted by Gasteiger charge is -2.14. The van der Waals surface area contributed by atoms with Crippen LogP contribution in [0.4, 0.5) is 0 Å². The number of rotatable bonds is 8. The normalized spacial score (nSPS) is 14.6. The predicted octanol–water partition coefficient (Wildman–Crippen LogP) is 3.93. The topological polar surface area (TPSA) is 38.8 Å². The van der Waals surface area contributed by atoms with Crippen molar-refractivity contribution in [2.24, 2.45) is 0 Å². The second-order valence-electron chi connectivity index (χ2n) is 6.08. The van der Waals surface area contributed by atoms with Gasteiger partial charge in [0.25, 0.3) is 0 Å². The number of carbonyl (C=O) groups excluding carboxylic acids is 1. The maximum atomic E-state index is 11.9. The number of hydrogen-bond donors (Lipinski definition) is 0. The number of benzene rings is 1. The Morgan fingerprint density at radius 3 is 2.39 bits per heavy atom. The summed E-state index contributed by atoms with van der Waals surface area (Å²) in [7, 11) is 0. The molecule has 4 nitrogen and oxygen atoms in total. The van der Waals surface area contributed by atoms with Crippen molar-refractivity contribution >= 4 is 18.4 Å². The van der Waals surface area contributed by atoms with Gasteiger partial charge in [0.05, 0.1) is 18.3 Å². The number of halogens is 1. The largest absolute Gasteiger partial charge is 0.491 e. The van der Waals surface area contributed by atoms with Gasteiger partial charge in [0.15, 0.2) is 0 Å². The highest BCUT2D eigenvalue weighted by molar-refractivity contribution is 5.89. The molecule has 0 amide bonds. The number of ether oxygens (including phenoxy) is 2. The maximum Gasteiger partial charge on any atom is 0.338 e. The summed E-state index contributed by atoms with van der Waals surface area (Å²) >= 11 is 0. The number of esters is 1. The molecule has 0 spiro atoms. The van der Waals surface area contributed by atoms with Crippen LogP contribution in [0, 0.1) is 0 Å². The number of likely N-dealkylation sites (tertiary alicyclic amines) is 1. The fourth-order valence-corrected chi connectivity index (χ4v) is 2.63. The molecule has 1 aliphatic rings. The van der Waals surface area contributed by atoms with Gasteiger partial charge in [0.2, 0.25) is 0 Å². The van der Waals surface area contributed by atoms with Crippen LogP contribution in [0.15, 0.2) is 24.3 Å². The Bertz CT molecular complexity index is 456. The number of nitrogens with zero attached hydrogens (tertiary/aromatic N) is 1. The minimum absolute atomic E-state index is 0. The first kappa shape index (κ1) is 19.8. The number of carbonyl (C=O) groups is 1. The quantitative estimate of drug-likeness (QED) is 0.530. The SMILES string of the molecule is CC(C)Oc1ccc(C(=O)OCCCCN2CCCC2)cc1.Cl. The van der Waals surface area contributed by atoms with E-state index in [1.807, 2.05) is 26.0 Å². The monoisotopic (exact) mass is 341 g/mol. The van der Waals surface area contributed by atoms with Crippen LogP contribution in [0.3, 0.4) is 0 Å². The Morgan fingerprint density at radius 2 is 1.78 bits per heavy atom. The summed E-state index contributed by atoms with van der Waals surface area (Å²) in [5.41, 5.74) is 0.579. The third-order valence-corrected chi connectivity index (χ3v) is 3.76. The van der Waals surface area contributed by atoms with Crippen LogP contribution in [-0.4, -0.2) is 43.2 Å². The van der Waals surface area contributed by atoms with Gasteiger partial charge in [-0.1, -0.05) is 0 Å². The van der Waals surface area contributed by atoms with E-state index in [1.165, 1.54) is 25.9 Å². The van der Waals surface area contributed by atoms with Crippen molar-refractivity contribution in [3.63, 3.8) is 0 Å². The van der Waals surface area contributed by atoms with Crippen LogP contribution in [0.2, 0.25) is 0 Å². The highest BCUT2D eigenvalue weighted by Gasteiger charge is 2.11. The van der Waals surface area contributed by atoms with Gasteiger partial charge >= 0.3 is 5.97 Å². The molecule has 1 aliphatic heterocycles. The zero-order valence-corrected chi connectivity index (χ0v) is 14.9. The van der Waals surface area contributed by atoms with Crippen molar-refractivity contribution in [1.29, 1.82) is 0 Å². The minimum atomic E-state index is -0.253. The molecule has 0 saturated carbocycles. The molecule has 1 fully saturated rings. The third-order valence-electron chi connectivity index (χ3n) is 3.76. The van der Waals surface area contributed by atoms with Crippen molar-refractivity contribution in [2.45, 2.75) is 45.6 Å². The highest BCUT2D eigenvalue weighted by Crippen LogP contribution is 2.14. The Hall–Kier alpha value is -1.26. The van der Waals surface area contributed by atoms with E-state index in [2.05, 4.69) is 4.90 Å². The highest BCUT2D eigenvalue weighted by atomic mass is 35.5. The zero-order valence-electron chi connectivity index (χ0n) is 14.1. The van der Waals surface area contributed by atoms with Crippen LogP contribution < -0.4 is 4.74 Å². The molecule has 1 aromatic carbocycles. The summed E-state index contributed by atoms with van der Waals surface area (Å²) in [5.74, 6) is 0.523. The lowest BCUT2D eigenvalue weighted by atomic mass is 10.2. The first-order chi connectivity index (χ1) is 10.6.